The predicted octanol–water partition coefficient (Wildman–Crippen LogP) is -9.77. The molecule has 22 atom stereocenters. The molecular formula is C38H64N6O23. The first kappa shape index (κ1) is 55.7. The summed E-state index contributed by atoms with van der Waals surface area (Å²) in [6, 6.07) is -7.65. The summed E-state index contributed by atoms with van der Waals surface area (Å²) in [7, 11) is 0. The van der Waals surface area contributed by atoms with Crippen molar-refractivity contribution in [3.8, 4) is 0 Å². The van der Waals surface area contributed by atoms with Crippen LogP contribution in [-0.4, -0.2) is 243 Å². The van der Waals surface area contributed by atoms with Gasteiger partial charge in [0.05, 0.1) is 26.4 Å². The van der Waals surface area contributed by atoms with E-state index in [1.54, 1.807) is 0 Å². The van der Waals surface area contributed by atoms with Gasteiger partial charge in [0, 0.05) is 27.7 Å². The monoisotopic (exact) mass is 972 g/mol. The van der Waals surface area contributed by atoms with Crippen LogP contribution < -0.4 is 32.3 Å². The Balaban J connectivity index is 1.76. The van der Waals surface area contributed by atoms with E-state index in [1.165, 1.54) is 13.8 Å². The Morgan fingerprint density at radius 2 is 0.881 bits per heavy atom. The maximum absolute atomic E-state index is 13.4. The van der Waals surface area contributed by atoms with E-state index in [9.17, 15) is 74.7 Å². The molecule has 0 radical (unpaired) electrons. The smallest absolute Gasteiger partial charge is 0.249 e. The van der Waals surface area contributed by atoms with E-state index < -0.39 is 197 Å². The van der Waals surface area contributed by atoms with Crippen molar-refractivity contribution in [2.75, 3.05) is 26.4 Å². The summed E-state index contributed by atoms with van der Waals surface area (Å²) in [5.74, 6) is -4.87. The fraction of sp³-hybridized carbons (Fsp3) is 0.842. The van der Waals surface area contributed by atoms with Gasteiger partial charge in [-0.2, -0.15) is 0 Å². The fourth-order valence-corrected chi connectivity index (χ4v) is 8.01. The summed E-state index contributed by atoms with van der Waals surface area (Å²) in [6.45, 7) is 3.06. The molecule has 4 saturated heterocycles. The Labute approximate surface area is 382 Å². The topological polar surface area (TPSA) is 444 Å². The molecule has 0 unspecified atom stereocenters. The molecular weight excluding hydrogens is 908 g/mol. The number of amides is 6. The lowest BCUT2D eigenvalue weighted by molar-refractivity contribution is -0.364. The molecule has 0 bridgehead atoms. The zero-order valence-corrected chi connectivity index (χ0v) is 37.3. The largest absolute Gasteiger partial charge is 0.394 e. The fourth-order valence-electron chi connectivity index (χ4n) is 8.01. The number of aliphatic hydroxyl groups excluding tert-OH is 9. The highest BCUT2D eigenvalue weighted by Crippen LogP contribution is 2.36. The van der Waals surface area contributed by atoms with Gasteiger partial charge in [-0.1, -0.05) is 0 Å². The van der Waals surface area contributed by atoms with Crippen molar-refractivity contribution in [2.24, 2.45) is 5.73 Å². The summed E-state index contributed by atoms with van der Waals surface area (Å²) in [5, 5.41) is 109. The molecule has 6 amide bonds. The van der Waals surface area contributed by atoms with Crippen LogP contribution in [0.1, 0.15) is 41.5 Å². The molecule has 0 aliphatic carbocycles. The summed E-state index contributed by atoms with van der Waals surface area (Å²) in [4.78, 5) is 74.8. The van der Waals surface area contributed by atoms with Crippen molar-refractivity contribution in [2.45, 2.75) is 176 Å². The zero-order chi connectivity index (χ0) is 50.2. The highest BCUT2D eigenvalue weighted by atomic mass is 16.8. The lowest BCUT2D eigenvalue weighted by Gasteiger charge is -2.51. The van der Waals surface area contributed by atoms with Crippen LogP contribution in [0.4, 0.5) is 0 Å². The van der Waals surface area contributed by atoms with E-state index in [4.69, 9.17) is 43.6 Å². The number of primary amides is 1. The molecule has 0 aromatic carbocycles. The third-order valence-electron chi connectivity index (χ3n) is 11.3. The maximum Gasteiger partial charge on any atom is 0.249 e. The Kier molecular flexibility index (Phi) is 20.5. The van der Waals surface area contributed by atoms with Crippen LogP contribution in [0.5, 0.6) is 0 Å². The van der Waals surface area contributed by atoms with Crippen molar-refractivity contribution in [3.63, 3.8) is 0 Å². The van der Waals surface area contributed by atoms with Crippen LogP contribution in [0.2, 0.25) is 0 Å². The molecule has 67 heavy (non-hydrogen) atoms. The number of nitrogens with two attached hydrogens (primary N) is 1. The predicted molar refractivity (Wildman–Crippen MR) is 215 cm³/mol. The molecule has 384 valence electrons. The normalized spacial score (nSPS) is 39.8. The Morgan fingerprint density at radius 3 is 1.34 bits per heavy atom. The van der Waals surface area contributed by atoms with Gasteiger partial charge in [0.15, 0.2) is 25.2 Å². The lowest BCUT2D eigenvalue weighted by atomic mass is 9.93. The van der Waals surface area contributed by atoms with Gasteiger partial charge in [0.1, 0.15) is 110 Å². The third-order valence-corrected chi connectivity index (χ3v) is 11.3. The molecule has 4 fully saturated rings. The van der Waals surface area contributed by atoms with Gasteiger partial charge in [-0.3, -0.25) is 28.8 Å². The molecule has 4 aliphatic rings. The molecule has 0 spiro atoms. The number of carbonyl (C=O) groups is 6. The van der Waals surface area contributed by atoms with Gasteiger partial charge < -0.3 is 116 Å². The molecule has 4 rings (SSSR count). The molecule has 0 saturated carbocycles. The number of carbonyl (C=O) groups excluding carboxylic acids is 6. The second-order valence-corrected chi connectivity index (χ2v) is 16.5. The van der Waals surface area contributed by atoms with Gasteiger partial charge in [-0.25, -0.2) is 0 Å². The first-order chi connectivity index (χ1) is 31.5. The molecule has 4 heterocycles. The Bertz CT molecular complexity index is 1700. The summed E-state index contributed by atoms with van der Waals surface area (Å²) in [5.41, 5.74) is 5.32. The van der Waals surface area contributed by atoms with Crippen LogP contribution in [0.3, 0.4) is 0 Å². The second-order valence-electron chi connectivity index (χ2n) is 16.5. The SMILES string of the molecule is CC(=O)N[C@@H]1[C@@H](O)[C@H](O[C@@H]2O[C@H](CO)[C@@H](O[C@@H]3O[C@H](CO)[C@@H](O[C@@H]4O[C@H](CO)[C@@H](O)[C@H](O)[C@H]4NC(C)=O)[C@H](O[C@H](C)C(=O)N[C@@H](C)C(N)=O)[C@H]3NC(C)=O)[C@H](O)[C@H]2NC(C)=O)[C@@H](CO)O[C@H]1O. The molecule has 0 aromatic heterocycles. The second kappa shape index (κ2) is 24.6. The van der Waals surface area contributed by atoms with Crippen LogP contribution in [0.15, 0.2) is 0 Å². The minimum Gasteiger partial charge on any atom is -0.394 e. The van der Waals surface area contributed by atoms with Gasteiger partial charge in [0.2, 0.25) is 35.4 Å². The summed E-state index contributed by atoms with van der Waals surface area (Å²) in [6.07, 6.45) is -29.5. The minimum absolute atomic E-state index is 0.689. The van der Waals surface area contributed by atoms with E-state index in [-0.39, 0.29) is 0 Å². The molecule has 16 N–H and O–H groups in total. The first-order valence-corrected chi connectivity index (χ1v) is 21.2. The van der Waals surface area contributed by atoms with E-state index in [0.717, 1.165) is 27.7 Å². The third kappa shape index (κ3) is 13.7. The van der Waals surface area contributed by atoms with Crippen LogP contribution in [0, 0.1) is 0 Å². The molecule has 29 heteroatoms. The number of aliphatic hydroxyl groups is 9. The zero-order valence-electron chi connectivity index (χ0n) is 37.3. The van der Waals surface area contributed by atoms with Gasteiger partial charge in [-0.15, -0.1) is 0 Å². The Hall–Kier alpha value is -3.86. The summed E-state index contributed by atoms with van der Waals surface area (Å²) >= 11 is 0. The number of nitrogens with one attached hydrogen (secondary N) is 5. The minimum atomic E-state index is -1.98. The van der Waals surface area contributed by atoms with Crippen molar-refractivity contribution in [1.82, 2.24) is 26.6 Å². The number of ether oxygens (including phenoxy) is 8. The lowest BCUT2D eigenvalue weighted by Crippen LogP contribution is -2.72. The number of hydrogen-bond acceptors (Lipinski definition) is 23. The summed E-state index contributed by atoms with van der Waals surface area (Å²) < 4.78 is 47.9. The van der Waals surface area contributed by atoms with Crippen molar-refractivity contribution in [1.29, 1.82) is 0 Å². The average Bonchev–Trinajstić information content (AvgIpc) is 3.25. The average molecular weight is 973 g/mol. The van der Waals surface area contributed by atoms with Crippen molar-refractivity contribution in [3.05, 3.63) is 0 Å². The van der Waals surface area contributed by atoms with Crippen LogP contribution >= 0.6 is 0 Å². The van der Waals surface area contributed by atoms with Crippen molar-refractivity contribution >= 4 is 35.4 Å². The van der Waals surface area contributed by atoms with E-state index in [0.29, 0.717) is 0 Å². The van der Waals surface area contributed by atoms with E-state index >= 15 is 0 Å². The quantitative estimate of drug-likeness (QED) is 0.0571. The Morgan fingerprint density at radius 1 is 0.507 bits per heavy atom. The van der Waals surface area contributed by atoms with Gasteiger partial charge in [-0.05, 0) is 13.8 Å². The number of rotatable bonds is 19. The van der Waals surface area contributed by atoms with Gasteiger partial charge >= 0.3 is 0 Å². The number of hydrogen-bond donors (Lipinski definition) is 15. The highest BCUT2D eigenvalue weighted by Gasteiger charge is 2.57. The van der Waals surface area contributed by atoms with E-state index in [2.05, 4.69) is 26.6 Å². The van der Waals surface area contributed by atoms with E-state index in [1.807, 2.05) is 0 Å². The van der Waals surface area contributed by atoms with Crippen molar-refractivity contribution < 1.29 is 113 Å². The van der Waals surface area contributed by atoms with Gasteiger partial charge in [0.25, 0.3) is 0 Å². The molecule has 0 aromatic rings. The van der Waals surface area contributed by atoms with Crippen LogP contribution in [-0.2, 0) is 66.7 Å². The standard InChI is InChI=1S/C38H64N6O23/c1-11(33(39)57)40-34(58)12(2)60-32-24(44-16(6)52)38(64-20(10-48)31(32)67-36-22(42-14(4)50)26(54)25(53)17(7-45)62-36)66-30-19(9-47)63-37(23(28(30)56)43-15(5)51)65-29-18(8-46)61-35(59)21(27(29)55)41-13(3)49/h11-12,17-32,35-38,45-48,53-56,59H,7-10H2,1-6H3,(H2,39,57)(H,40,58)(H,41,49)(H,42,50)(H,43,51)(H,44,52)/t11-,12+,17+,18+,19+,20+,21+,22+,23+,24+,25+,26+,27+,28+,29+,30+,31+,32+,35+,36-,37-,38-/m0/s1. The maximum atomic E-state index is 13.4. The van der Waals surface area contributed by atoms with Crippen LogP contribution in [0.25, 0.3) is 0 Å². The highest BCUT2D eigenvalue weighted by molar-refractivity contribution is 5.88. The first-order valence-electron chi connectivity index (χ1n) is 21.2. The molecule has 4 aliphatic heterocycles. The molecule has 29 nitrogen and oxygen atoms in total.